The average Bonchev–Trinajstić information content (AvgIpc) is 2.98. The van der Waals surface area contributed by atoms with E-state index in [0.717, 1.165) is 17.5 Å². The van der Waals surface area contributed by atoms with Crippen LogP contribution in [0, 0.1) is 0 Å². The van der Waals surface area contributed by atoms with E-state index in [1.807, 2.05) is 24.3 Å². The van der Waals surface area contributed by atoms with Crippen molar-refractivity contribution in [1.29, 1.82) is 0 Å². The number of carbonyl (C=O) groups excluding carboxylic acids is 1. The molecule has 0 fully saturated rings. The third-order valence-corrected chi connectivity index (χ3v) is 4.46. The third-order valence-electron chi connectivity index (χ3n) is 4.46. The van der Waals surface area contributed by atoms with Gasteiger partial charge in [-0.05, 0) is 40.8 Å². The van der Waals surface area contributed by atoms with Crippen LogP contribution in [0.3, 0.4) is 0 Å². The first-order valence-electron chi connectivity index (χ1n) is 7.73. The standard InChI is InChI=1S/C21H14O3/c22-20(18-7-3-4-8-19(18)21(23)24)14-9-10-17-15(12-14)11-13-5-1-2-6-16(13)17/h1-10,12H,11H2,(H,23,24). The number of carbonyl (C=O) groups is 2. The second kappa shape index (κ2) is 5.46. The second-order valence-corrected chi connectivity index (χ2v) is 5.89. The summed E-state index contributed by atoms with van der Waals surface area (Å²) in [5, 5.41) is 9.28. The van der Waals surface area contributed by atoms with Crippen molar-refractivity contribution in [3.8, 4) is 11.1 Å². The van der Waals surface area contributed by atoms with Crippen molar-refractivity contribution < 1.29 is 14.7 Å². The van der Waals surface area contributed by atoms with Crippen molar-refractivity contribution in [1.82, 2.24) is 0 Å². The molecular formula is C21H14O3. The van der Waals surface area contributed by atoms with Gasteiger partial charge in [0.2, 0.25) is 0 Å². The highest BCUT2D eigenvalue weighted by atomic mass is 16.4. The normalized spacial score (nSPS) is 11.7. The number of carboxylic acids is 1. The molecule has 0 atom stereocenters. The van der Waals surface area contributed by atoms with Crippen LogP contribution in [-0.4, -0.2) is 16.9 Å². The van der Waals surface area contributed by atoms with Crippen LogP contribution in [0.25, 0.3) is 11.1 Å². The Balaban J connectivity index is 1.76. The Morgan fingerprint density at radius 3 is 2.21 bits per heavy atom. The van der Waals surface area contributed by atoms with Crippen LogP contribution < -0.4 is 0 Å². The predicted octanol–water partition coefficient (Wildman–Crippen LogP) is 4.19. The fourth-order valence-corrected chi connectivity index (χ4v) is 3.31. The summed E-state index contributed by atoms with van der Waals surface area (Å²) in [5.41, 5.74) is 5.49. The quantitative estimate of drug-likeness (QED) is 0.577. The molecule has 1 aliphatic carbocycles. The van der Waals surface area contributed by atoms with Crippen molar-refractivity contribution in [3.63, 3.8) is 0 Å². The van der Waals surface area contributed by atoms with Crippen molar-refractivity contribution in [2.75, 3.05) is 0 Å². The van der Waals surface area contributed by atoms with E-state index in [4.69, 9.17) is 0 Å². The van der Waals surface area contributed by atoms with Crippen LogP contribution in [0.5, 0.6) is 0 Å². The lowest BCUT2D eigenvalue weighted by molar-refractivity contribution is 0.0693. The Hall–Kier alpha value is -3.20. The van der Waals surface area contributed by atoms with Gasteiger partial charge in [0, 0.05) is 11.1 Å². The number of benzene rings is 3. The molecule has 0 radical (unpaired) electrons. The maximum absolute atomic E-state index is 12.8. The number of fused-ring (bicyclic) bond motifs is 3. The molecule has 3 aromatic rings. The summed E-state index contributed by atoms with van der Waals surface area (Å²) >= 11 is 0. The highest BCUT2D eigenvalue weighted by molar-refractivity contribution is 6.14. The fourth-order valence-electron chi connectivity index (χ4n) is 3.31. The second-order valence-electron chi connectivity index (χ2n) is 5.89. The lowest BCUT2D eigenvalue weighted by Crippen LogP contribution is -2.09. The molecule has 0 amide bonds. The van der Waals surface area contributed by atoms with Gasteiger partial charge in [-0.25, -0.2) is 4.79 Å². The number of rotatable bonds is 3. The zero-order valence-corrected chi connectivity index (χ0v) is 12.8. The molecular weight excluding hydrogens is 300 g/mol. The van der Waals surface area contributed by atoms with E-state index in [0.29, 0.717) is 5.56 Å². The molecule has 0 aliphatic heterocycles. The first-order valence-corrected chi connectivity index (χ1v) is 7.73. The molecule has 0 saturated heterocycles. The minimum absolute atomic E-state index is 0.0336. The molecule has 1 aliphatic rings. The van der Waals surface area contributed by atoms with Gasteiger partial charge in [0.15, 0.2) is 5.78 Å². The summed E-state index contributed by atoms with van der Waals surface area (Å²) in [4.78, 5) is 24.1. The molecule has 3 aromatic carbocycles. The number of hydrogen-bond acceptors (Lipinski definition) is 2. The van der Waals surface area contributed by atoms with Gasteiger partial charge < -0.3 is 5.11 Å². The summed E-state index contributed by atoms with van der Waals surface area (Å²) < 4.78 is 0. The van der Waals surface area contributed by atoms with Gasteiger partial charge in [-0.3, -0.25) is 4.79 Å². The first-order chi connectivity index (χ1) is 11.6. The van der Waals surface area contributed by atoms with Crippen LogP contribution >= 0.6 is 0 Å². The first kappa shape index (κ1) is 14.4. The number of hydrogen-bond donors (Lipinski definition) is 1. The largest absolute Gasteiger partial charge is 0.478 e. The van der Waals surface area contributed by atoms with E-state index >= 15 is 0 Å². The number of aromatic carboxylic acids is 1. The van der Waals surface area contributed by atoms with Crippen LogP contribution in [0.1, 0.15) is 37.4 Å². The van der Waals surface area contributed by atoms with Gasteiger partial charge in [-0.2, -0.15) is 0 Å². The molecule has 24 heavy (non-hydrogen) atoms. The highest BCUT2D eigenvalue weighted by Crippen LogP contribution is 2.37. The molecule has 0 spiro atoms. The summed E-state index contributed by atoms with van der Waals surface area (Å²) in [7, 11) is 0. The lowest BCUT2D eigenvalue weighted by Gasteiger charge is -2.07. The van der Waals surface area contributed by atoms with Crippen molar-refractivity contribution >= 4 is 11.8 Å². The highest BCUT2D eigenvalue weighted by Gasteiger charge is 2.21. The minimum atomic E-state index is -1.09. The van der Waals surface area contributed by atoms with Gasteiger partial charge in [0.05, 0.1) is 5.56 Å². The monoisotopic (exact) mass is 314 g/mol. The van der Waals surface area contributed by atoms with Gasteiger partial charge in [0.25, 0.3) is 0 Å². The van der Waals surface area contributed by atoms with Gasteiger partial charge in [-0.15, -0.1) is 0 Å². The van der Waals surface area contributed by atoms with E-state index < -0.39 is 5.97 Å². The number of carboxylic acid groups (broad SMARTS) is 1. The lowest BCUT2D eigenvalue weighted by atomic mass is 9.95. The van der Waals surface area contributed by atoms with E-state index in [-0.39, 0.29) is 16.9 Å². The zero-order valence-electron chi connectivity index (χ0n) is 12.8. The molecule has 3 heteroatoms. The Labute approximate surface area is 139 Å². The Kier molecular flexibility index (Phi) is 3.28. The van der Waals surface area contributed by atoms with Crippen molar-refractivity contribution in [3.05, 3.63) is 94.5 Å². The van der Waals surface area contributed by atoms with Crippen molar-refractivity contribution in [2.45, 2.75) is 6.42 Å². The van der Waals surface area contributed by atoms with Gasteiger partial charge in [0.1, 0.15) is 0 Å². The third kappa shape index (κ3) is 2.22. The molecule has 4 rings (SSSR count). The van der Waals surface area contributed by atoms with Crippen molar-refractivity contribution in [2.24, 2.45) is 0 Å². The molecule has 0 heterocycles. The Bertz CT molecular complexity index is 986. The predicted molar refractivity (Wildman–Crippen MR) is 91.5 cm³/mol. The summed E-state index contributed by atoms with van der Waals surface area (Å²) in [6.07, 6.45) is 0.799. The Morgan fingerprint density at radius 1 is 0.750 bits per heavy atom. The van der Waals surface area contributed by atoms with E-state index in [9.17, 15) is 14.7 Å². The topological polar surface area (TPSA) is 54.4 Å². The SMILES string of the molecule is O=C(O)c1ccccc1C(=O)c1ccc2c(c1)Cc1ccccc1-2. The van der Waals surface area contributed by atoms with E-state index in [1.54, 1.807) is 24.3 Å². The van der Waals surface area contributed by atoms with Crippen LogP contribution in [0.15, 0.2) is 66.7 Å². The van der Waals surface area contributed by atoms with E-state index in [2.05, 4.69) is 12.1 Å². The summed E-state index contributed by atoms with van der Waals surface area (Å²) in [6, 6.07) is 20.2. The molecule has 1 N–H and O–H groups in total. The van der Waals surface area contributed by atoms with Crippen LogP contribution in [-0.2, 0) is 6.42 Å². The Morgan fingerprint density at radius 2 is 1.42 bits per heavy atom. The zero-order chi connectivity index (χ0) is 16.7. The smallest absolute Gasteiger partial charge is 0.336 e. The maximum Gasteiger partial charge on any atom is 0.336 e. The summed E-state index contributed by atoms with van der Waals surface area (Å²) in [6.45, 7) is 0. The summed E-state index contributed by atoms with van der Waals surface area (Å²) in [5.74, 6) is -1.35. The van der Waals surface area contributed by atoms with E-state index in [1.165, 1.54) is 17.2 Å². The number of ketones is 1. The molecule has 0 saturated carbocycles. The molecule has 0 unspecified atom stereocenters. The van der Waals surface area contributed by atoms with Gasteiger partial charge in [-0.1, -0.05) is 54.6 Å². The average molecular weight is 314 g/mol. The molecule has 116 valence electrons. The molecule has 3 nitrogen and oxygen atoms in total. The molecule has 0 bridgehead atoms. The van der Waals surface area contributed by atoms with Crippen LogP contribution in [0.2, 0.25) is 0 Å². The minimum Gasteiger partial charge on any atom is -0.478 e. The van der Waals surface area contributed by atoms with Gasteiger partial charge >= 0.3 is 5.97 Å². The fraction of sp³-hybridized carbons (Fsp3) is 0.0476. The van der Waals surface area contributed by atoms with Crippen LogP contribution in [0.4, 0.5) is 0 Å². The molecule has 0 aromatic heterocycles. The maximum atomic E-state index is 12.8.